The molecule has 8 heteroatoms. The van der Waals surface area contributed by atoms with Crippen LogP contribution in [0.2, 0.25) is 0 Å². The highest BCUT2D eigenvalue weighted by molar-refractivity contribution is 9.10. The Morgan fingerprint density at radius 1 is 0.826 bits per heavy atom. The first-order valence-electron chi connectivity index (χ1n) is 15.0. The summed E-state index contributed by atoms with van der Waals surface area (Å²) in [5, 5.41) is 15.6. The quantitative estimate of drug-likeness (QED) is 0.131. The van der Waals surface area contributed by atoms with Crippen molar-refractivity contribution < 1.29 is 24.2 Å². The number of hydrogen-bond donors (Lipinski definition) is 3. The lowest BCUT2D eigenvalue weighted by Crippen LogP contribution is -2.42. The summed E-state index contributed by atoms with van der Waals surface area (Å²) in [6.07, 6.45) is 0.805. The topological polar surface area (TPSA) is 105 Å². The van der Waals surface area contributed by atoms with E-state index in [-0.39, 0.29) is 29.7 Å². The Balaban J connectivity index is 1.13. The monoisotopic (exact) mass is 674 g/mol. The maximum absolute atomic E-state index is 13.4. The van der Waals surface area contributed by atoms with Crippen molar-refractivity contribution in [2.75, 3.05) is 5.32 Å². The Hall–Kier alpha value is -5.21. The van der Waals surface area contributed by atoms with Gasteiger partial charge in [-0.3, -0.25) is 9.59 Å². The molecule has 5 aromatic carbocycles. The van der Waals surface area contributed by atoms with E-state index in [9.17, 15) is 19.5 Å². The molecule has 3 unspecified atom stereocenters. The van der Waals surface area contributed by atoms with Crippen LogP contribution in [0.3, 0.4) is 0 Å². The zero-order valence-electron chi connectivity index (χ0n) is 24.7. The highest BCUT2D eigenvalue weighted by Gasteiger charge is 2.44. The lowest BCUT2D eigenvalue weighted by molar-refractivity contribution is -0.139. The van der Waals surface area contributed by atoms with E-state index in [1.165, 1.54) is 0 Å². The molecule has 0 radical (unpaired) electrons. The molecule has 1 saturated carbocycles. The zero-order chi connectivity index (χ0) is 32.0. The summed E-state index contributed by atoms with van der Waals surface area (Å²) in [7, 11) is 0. The van der Waals surface area contributed by atoms with E-state index >= 15 is 0 Å². The maximum Gasteiger partial charge on any atom is 0.326 e. The highest BCUT2D eigenvalue weighted by Crippen LogP contribution is 2.48. The minimum absolute atomic E-state index is 0.0695. The van der Waals surface area contributed by atoms with E-state index in [0.29, 0.717) is 15.9 Å². The van der Waals surface area contributed by atoms with Crippen LogP contribution in [0.1, 0.15) is 33.8 Å². The lowest BCUT2D eigenvalue weighted by atomic mass is 9.99. The number of benzene rings is 5. The molecule has 1 fully saturated rings. The first-order valence-corrected chi connectivity index (χ1v) is 15.8. The number of para-hydroxylation sites is 2. The van der Waals surface area contributed by atoms with Crippen molar-refractivity contribution >= 4 is 39.4 Å². The van der Waals surface area contributed by atoms with Crippen molar-refractivity contribution in [1.29, 1.82) is 0 Å². The van der Waals surface area contributed by atoms with Gasteiger partial charge in [-0.15, -0.1) is 0 Å². The van der Waals surface area contributed by atoms with E-state index in [1.54, 1.807) is 18.2 Å². The predicted molar refractivity (Wildman–Crippen MR) is 181 cm³/mol. The van der Waals surface area contributed by atoms with Gasteiger partial charge < -0.3 is 20.5 Å². The summed E-state index contributed by atoms with van der Waals surface area (Å²) in [5.41, 5.74) is 4.16. The van der Waals surface area contributed by atoms with Crippen molar-refractivity contribution in [3.63, 3.8) is 0 Å². The van der Waals surface area contributed by atoms with E-state index in [0.717, 1.165) is 34.4 Å². The van der Waals surface area contributed by atoms with Crippen LogP contribution in [0.4, 0.5) is 5.69 Å². The predicted octanol–water partition coefficient (Wildman–Crippen LogP) is 8.08. The van der Waals surface area contributed by atoms with Gasteiger partial charge in [0.05, 0.1) is 11.3 Å². The second-order valence-corrected chi connectivity index (χ2v) is 12.1. The number of amides is 2. The molecule has 0 heterocycles. The van der Waals surface area contributed by atoms with Gasteiger partial charge in [0.1, 0.15) is 17.5 Å². The number of carboxylic acid groups (broad SMARTS) is 1. The standard InChI is InChI=1S/C38H31BrN2O5/c39-27-19-20-33(40-36(42)31-23-30(31)25-9-3-1-4-10-25)32(22-27)37(43)41-34(38(44)45)21-24-15-17-26(18-16-24)29-13-7-8-14-35(29)46-28-11-5-2-6-12-28/h1-20,22,30-31,34H,21,23H2,(H,40,42)(H,41,43)(H,44,45). The smallest absolute Gasteiger partial charge is 0.326 e. The number of nitrogens with one attached hydrogen (secondary N) is 2. The number of halogens is 1. The minimum atomic E-state index is -1.19. The van der Waals surface area contributed by atoms with Crippen LogP contribution in [-0.2, 0) is 16.0 Å². The molecule has 0 aliphatic heterocycles. The molecule has 0 saturated heterocycles. The fourth-order valence-corrected chi connectivity index (χ4v) is 5.86. The van der Waals surface area contributed by atoms with Gasteiger partial charge in [-0.25, -0.2) is 4.79 Å². The molecule has 0 bridgehead atoms. The molecule has 7 nitrogen and oxygen atoms in total. The zero-order valence-corrected chi connectivity index (χ0v) is 26.3. The molecule has 3 N–H and O–H groups in total. The van der Waals surface area contributed by atoms with Crippen LogP contribution in [0.15, 0.2) is 132 Å². The normalized spacial score (nSPS) is 15.8. The van der Waals surface area contributed by atoms with Crippen molar-refractivity contribution in [3.8, 4) is 22.6 Å². The van der Waals surface area contributed by atoms with Gasteiger partial charge >= 0.3 is 5.97 Å². The van der Waals surface area contributed by atoms with Gasteiger partial charge in [0, 0.05) is 22.4 Å². The number of anilines is 1. The molecule has 5 aromatic rings. The molecule has 0 aromatic heterocycles. The average Bonchev–Trinajstić information content (AvgIpc) is 3.88. The van der Waals surface area contributed by atoms with Crippen LogP contribution in [0.25, 0.3) is 11.1 Å². The molecule has 6 rings (SSSR count). The molecular weight excluding hydrogens is 644 g/mol. The van der Waals surface area contributed by atoms with Crippen LogP contribution >= 0.6 is 15.9 Å². The van der Waals surface area contributed by atoms with Crippen LogP contribution in [0, 0.1) is 5.92 Å². The summed E-state index contributed by atoms with van der Waals surface area (Å²) in [6, 6.07) is 38.4. The van der Waals surface area contributed by atoms with Gasteiger partial charge in [-0.1, -0.05) is 107 Å². The number of aliphatic carboxylic acids is 1. The van der Waals surface area contributed by atoms with Crippen LogP contribution < -0.4 is 15.4 Å². The minimum Gasteiger partial charge on any atom is -0.480 e. The van der Waals surface area contributed by atoms with Gasteiger partial charge in [-0.2, -0.15) is 0 Å². The summed E-state index contributed by atoms with van der Waals surface area (Å²) >= 11 is 3.39. The van der Waals surface area contributed by atoms with Gasteiger partial charge in [0.15, 0.2) is 0 Å². The third-order valence-electron chi connectivity index (χ3n) is 8.01. The number of hydrogen-bond acceptors (Lipinski definition) is 4. The van der Waals surface area contributed by atoms with E-state index in [4.69, 9.17) is 4.74 Å². The molecule has 0 spiro atoms. The second kappa shape index (κ2) is 13.8. The van der Waals surface area contributed by atoms with Gasteiger partial charge in [0.2, 0.25) is 5.91 Å². The van der Waals surface area contributed by atoms with E-state index in [1.807, 2.05) is 109 Å². The maximum atomic E-state index is 13.4. The largest absolute Gasteiger partial charge is 0.480 e. The summed E-state index contributed by atoms with van der Waals surface area (Å²) in [4.78, 5) is 38.8. The Bertz CT molecular complexity index is 1860. The number of carbonyl (C=O) groups excluding carboxylic acids is 2. The third-order valence-corrected chi connectivity index (χ3v) is 8.50. The average molecular weight is 676 g/mol. The number of ether oxygens (including phenoxy) is 1. The Kier molecular flexibility index (Phi) is 9.26. The summed E-state index contributed by atoms with van der Waals surface area (Å²) in [6.45, 7) is 0. The molecule has 1 aliphatic rings. The van der Waals surface area contributed by atoms with Crippen molar-refractivity contribution in [1.82, 2.24) is 5.32 Å². The Morgan fingerprint density at radius 2 is 1.50 bits per heavy atom. The van der Waals surface area contributed by atoms with Crippen molar-refractivity contribution in [2.24, 2.45) is 5.92 Å². The highest BCUT2D eigenvalue weighted by atomic mass is 79.9. The fraction of sp³-hybridized carbons (Fsp3) is 0.132. The molecular formula is C38H31BrN2O5. The lowest BCUT2D eigenvalue weighted by Gasteiger charge is -2.17. The Morgan fingerprint density at radius 3 is 2.22 bits per heavy atom. The van der Waals surface area contributed by atoms with Crippen molar-refractivity contribution in [2.45, 2.75) is 24.8 Å². The van der Waals surface area contributed by atoms with Crippen LogP contribution in [-0.4, -0.2) is 28.9 Å². The summed E-state index contributed by atoms with van der Waals surface area (Å²) < 4.78 is 6.73. The van der Waals surface area contributed by atoms with E-state index in [2.05, 4.69) is 26.6 Å². The Labute approximate surface area is 275 Å². The van der Waals surface area contributed by atoms with Gasteiger partial charge in [0.25, 0.3) is 5.91 Å². The first kappa shape index (κ1) is 30.8. The van der Waals surface area contributed by atoms with Crippen molar-refractivity contribution in [3.05, 3.63) is 149 Å². The second-order valence-electron chi connectivity index (χ2n) is 11.2. The molecule has 46 heavy (non-hydrogen) atoms. The third kappa shape index (κ3) is 7.35. The summed E-state index contributed by atoms with van der Waals surface area (Å²) in [5.74, 6) is -0.549. The number of rotatable bonds is 11. The molecule has 1 aliphatic carbocycles. The molecule has 2 amide bonds. The van der Waals surface area contributed by atoms with Crippen LogP contribution in [0.5, 0.6) is 11.5 Å². The first-order chi connectivity index (χ1) is 22.4. The van der Waals surface area contributed by atoms with E-state index < -0.39 is 17.9 Å². The molecule has 230 valence electrons. The van der Waals surface area contributed by atoms with Gasteiger partial charge in [-0.05, 0) is 65.4 Å². The fourth-order valence-electron chi connectivity index (χ4n) is 5.49. The number of carbonyl (C=O) groups is 3. The molecule has 3 atom stereocenters. The SMILES string of the molecule is O=C(NC(Cc1ccc(-c2ccccc2Oc2ccccc2)cc1)C(=O)O)c1cc(Br)ccc1NC(=O)C1CC1c1ccccc1. The number of carboxylic acids is 1.